The molecule has 0 unspecified atom stereocenters. The zero-order chi connectivity index (χ0) is 14.0. The zero-order valence-electron chi connectivity index (χ0n) is 11.0. The van der Waals surface area contributed by atoms with Crippen LogP contribution in [0, 0.1) is 6.92 Å². The van der Waals surface area contributed by atoms with Gasteiger partial charge in [-0.15, -0.1) is 11.3 Å². The Morgan fingerprint density at radius 3 is 2.58 bits per heavy atom. The van der Waals surface area contributed by atoms with E-state index in [1.807, 2.05) is 31.2 Å². The minimum absolute atomic E-state index is 0.410. The first kappa shape index (κ1) is 13.4. The van der Waals surface area contributed by atoms with Gasteiger partial charge in [-0.3, -0.25) is 0 Å². The Morgan fingerprint density at radius 2 is 1.95 bits per heavy atom. The van der Waals surface area contributed by atoms with Crippen molar-refractivity contribution in [1.82, 2.24) is 0 Å². The Kier molecular flexibility index (Phi) is 3.76. The molecule has 19 heavy (non-hydrogen) atoms. The first-order chi connectivity index (χ1) is 9.10. The summed E-state index contributed by atoms with van der Waals surface area (Å²) in [5, 5.41) is 0. The van der Waals surface area contributed by atoms with Gasteiger partial charge in [0.05, 0.1) is 19.9 Å². The van der Waals surface area contributed by atoms with Crippen molar-refractivity contribution in [3.63, 3.8) is 0 Å². The van der Waals surface area contributed by atoms with Crippen LogP contribution < -0.4 is 10.5 Å². The van der Waals surface area contributed by atoms with Crippen molar-refractivity contribution in [2.45, 2.75) is 6.92 Å². The van der Waals surface area contributed by atoms with Gasteiger partial charge in [-0.1, -0.05) is 12.1 Å². The normalized spacial score (nSPS) is 10.3. The number of carbonyl (C=O) groups excluding carboxylic acids is 1. The molecular weight excluding hydrogens is 262 g/mol. The van der Waals surface area contributed by atoms with Crippen LogP contribution in [0.25, 0.3) is 10.4 Å². The van der Waals surface area contributed by atoms with Gasteiger partial charge in [0.25, 0.3) is 0 Å². The molecule has 0 atom stereocenters. The van der Waals surface area contributed by atoms with Crippen LogP contribution in [0.2, 0.25) is 0 Å². The van der Waals surface area contributed by atoms with Crippen LogP contribution in [0.1, 0.15) is 15.2 Å². The molecule has 4 nitrogen and oxygen atoms in total. The highest BCUT2D eigenvalue weighted by atomic mass is 32.1. The van der Waals surface area contributed by atoms with E-state index in [1.54, 1.807) is 7.11 Å². The van der Waals surface area contributed by atoms with Crippen LogP contribution in [-0.4, -0.2) is 20.2 Å². The summed E-state index contributed by atoms with van der Waals surface area (Å²) >= 11 is 1.32. The number of benzene rings is 1. The Hall–Kier alpha value is -2.01. The molecule has 0 saturated heterocycles. The lowest BCUT2D eigenvalue weighted by molar-refractivity contribution is 0.0607. The molecule has 0 bridgehead atoms. The number of carbonyl (C=O) groups is 1. The number of hydrogen-bond acceptors (Lipinski definition) is 5. The summed E-state index contributed by atoms with van der Waals surface area (Å²) in [5.74, 6) is 0.343. The van der Waals surface area contributed by atoms with Crippen molar-refractivity contribution in [1.29, 1.82) is 0 Å². The number of ether oxygens (including phenoxy) is 2. The van der Waals surface area contributed by atoms with Crippen molar-refractivity contribution in [3.05, 3.63) is 34.7 Å². The fourth-order valence-electron chi connectivity index (χ4n) is 1.86. The number of thiophene rings is 1. The van der Waals surface area contributed by atoms with Gasteiger partial charge in [0.2, 0.25) is 0 Å². The minimum Gasteiger partial charge on any atom is -0.496 e. The Morgan fingerprint density at radius 1 is 1.26 bits per heavy atom. The maximum Gasteiger partial charge on any atom is 0.350 e. The molecule has 1 heterocycles. The van der Waals surface area contributed by atoms with E-state index in [4.69, 9.17) is 15.2 Å². The molecule has 100 valence electrons. The van der Waals surface area contributed by atoms with Crippen molar-refractivity contribution in [3.8, 4) is 16.2 Å². The lowest BCUT2D eigenvalue weighted by Gasteiger charge is -2.07. The first-order valence-corrected chi connectivity index (χ1v) is 6.52. The van der Waals surface area contributed by atoms with E-state index in [0.29, 0.717) is 10.6 Å². The Bertz CT molecular complexity index is 619. The number of anilines is 1. The number of para-hydroxylation sites is 1. The van der Waals surface area contributed by atoms with Crippen LogP contribution in [0.4, 0.5) is 5.69 Å². The summed E-state index contributed by atoms with van der Waals surface area (Å²) in [6.45, 7) is 1.89. The molecule has 0 spiro atoms. The maximum absolute atomic E-state index is 11.7. The van der Waals surface area contributed by atoms with Gasteiger partial charge in [-0.05, 0) is 24.6 Å². The molecule has 0 aliphatic heterocycles. The molecule has 0 radical (unpaired) electrons. The van der Waals surface area contributed by atoms with E-state index < -0.39 is 5.97 Å². The molecular formula is C14H15NO3S. The molecule has 2 rings (SSSR count). The molecule has 0 fully saturated rings. The second kappa shape index (κ2) is 5.32. The van der Waals surface area contributed by atoms with Crippen molar-refractivity contribution in [2.75, 3.05) is 20.0 Å². The van der Waals surface area contributed by atoms with E-state index in [2.05, 4.69) is 0 Å². The zero-order valence-corrected chi connectivity index (χ0v) is 11.8. The van der Waals surface area contributed by atoms with Gasteiger partial charge >= 0.3 is 5.97 Å². The van der Waals surface area contributed by atoms with Gasteiger partial charge in [-0.2, -0.15) is 0 Å². The summed E-state index contributed by atoms with van der Waals surface area (Å²) in [7, 11) is 2.96. The highest BCUT2D eigenvalue weighted by Crippen LogP contribution is 2.41. The molecule has 5 heteroatoms. The number of hydrogen-bond donors (Lipinski definition) is 1. The van der Waals surface area contributed by atoms with Crippen LogP contribution in [0.3, 0.4) is 0 Å². The minimum atomic E-state index is -0.410. The van der Waals surface area contributed by atoms with Crippen molar-refractivity contribution in [2.24, 2.45) is 0 Å². The van der Waals surface area contributed by atoms with Crippen LogP contribution in [-0.2, 0) is 4.74 Å². The van der Waals surface area contributed by atoms with E-state index in [9.17, 15) is 4.79 Å². The molecule has 2 aromatic rings. The van der Waals surface area contributed by atoms with Gasteiger partial charge in [0.15, 0.2) is 0 Å². The Balaban J connectivity index is 2.60. The molecule has 0 aliphatic carbocycles. The number of nitrogens with two attached hydrogens (primary N) is 1. The third kappa shape index (κ3) is 2.29. The molecule has 1 aromatic carbocycles. The molecule has 1 aromatic heterocycles. The van der Waals surface area contributed by atoms with Crippen molar-refractivity contribution < 1.29 is 14.3 Å². The van der Waals surface area contributed by atoms with Crippen molar-refractivity contribution >= 4 is 23.0 Å². The lowest BCUT2D eigenvalue weighted by Crippen LogP contribution is -2.01. The third-order valence-corrected chi connectivity index (χ3v) is 4.24. The third-order valence-electron chi connectivity index (χ3n) is 2.92. The summed E-state index contributed by atoms with van der Waals surface area (Å²) in [4.78, 5) is 13.0. The second-order valence-electron chi connectivity index (χ2n) is 3.99. The summed E-state index contributed by atoms with van der Waals surface area (Å²) in [5.41, 5.74) is 8.24. The highest BCUT2D eigenvalue weighted by Gasteiger charge is 2.21. The van der Waals surface area contributed by atoms with E-state index >= 15 is 0 Å². The molecule has 0 saturated carbocycles. The first-order valence-electron chi connectivity index (χ1n) is 5.70. The average Bonchev–Trinajstić information content (AvgIpc) is 2.74. The second-order valence-corrected chi connectivity index (χ2v) is 5.01. The number of nitrogen functional groups attached to an aromatic ring is 1. The smallest absolute Gasteiger partial charge is 0.350 e. The van der Waals surface area contributed by atoms with E-state index in [-0.39, 0.29) is 0 Å². The van der Waals surface area contributed by atoms with Gasteiger partial charge in [0, 0.05) is 10.4 Å². The topological polar surface area (TPSA) is 61.5 Å². The van der Waals surface area contributed by atoms with Crippen LogP contribution in [0.5, 0.6) is 5.75 Å². The number of esters is 1. The summed E-state index contributed by atoms with van der Waals surface area (Å²) < 4.78 is 10.1. The predicted molar refractivity (Wildman–Crippen MR) is 76.8 cm³/mol. The molecule has 0 aliphatic rings. The monoisotopic (exact) mass is 277 g/mol. The average molecular weight is 277 g/mol. The van der Waals surface area contributed by atoms with Gasteiger partial charge in [0.1, 0.15) is 10.6 Å². The molecule has 2 N–H and O–H groups in total. The fourth-order valence-corrected chi connectivity index (χ4v) is 3.04. The standard InChI is InChI=1S/C14H15NO3S/c1-8-11(15)13(14(16)18-3)19-12(8)9-6-4-5-7-10(9)17-2/h4-7H,15H2,1-3H3. The fraction of sp³-hybridized carbons (Fsp3) is 0.214. The van der Waals surface area contributed by atoms with Gasteiger partial charge < -0.3 is 15.2 Å². The lowest BCUT2D eigenvalue weighted by atomic mass is 10.1. The number of rotatable bonds is 3. The molecule has 0 amide bonds. The van der Waals surface area contributed by atoms with Gasteiger partial charge in [-0.25, -0.2) is 4.79 Å². The van der Waals surface area contributed by atoms with Crippen LogP contribution in [0.15, 0.2) is 24.3 Å². The SMILES string of the molecule is COC(=O)c1sc(-c2ccccc2OC)c(C)c1N. The largest absolute Gasteiger partial charge is 0.496 e. The summed E-state index contributed by atoms with van der Waals surface area (Å²) in [6, 6.07) is 7.64. The highest BCUT2D eigenvalue weighted by molar-refractivity contribution is 7.18. The van der Waals surface area contributed by atoms with E-state index in [0.717, 1.165) is 21.8 Å². The Labute approximate surface area is 115 Å². The maximum atomic E-state index is 11.7. The number of methoxy groups -OCH3 is 2. The van der Waals surface area contributed by atoms with Crippen LogP contribution >= 0.6 is 11.3 Å². The quantitative estimate of drug-likeness (QED) is 0.876. The summed E-state index contributed by atoms with van der Waals surface area (Å²) in [6.07, 6.45) is 0. The predicted octanol–water partition coefficient (Wildman–Crippen LogP) is 3.10. The van der Waals surface area contributed by atoms with E-state index in [1.165, 1.54) is 18.4 Å².